The van der Waals surface area contributed by atoms with Gasteiger partial charge in [-0.3, -0.25) is 14.4 Å². The van der Waals surface area contributed by atoms with E-state index in [4.69, 9.17) is 9.47 Å². The maximum absolute atomic E-state index is 12.9. The van der Waals surface area contributed by atoms with Crippen molar-refractivity contribution in [3.63, 3.8) is 0 Å². The molecule has 2 saturated heterocycles. The molecule has 3 atom stereocenters. The van der Waals surface area contributed by atoms with Crippen molar-refractivity contribution in [3.05, 3.63) is 24.3 Å². The highest BCUT2D eigenvalue weighted by Crippen LogP contribution is 2.22. The molecule has 3 unspecified atom stereocenters. The average Bonchev–Trinajstić information content (AvgIpc) is 3.09. The molecule has 1 aromatic rings. The quantitative estimate of drug-likeness (QED) is 0.650. The topological polar surface area (TPSA) is 88.2 Å². The lowest BCUT2D eigenvalue weighted by atomic mass is 10.1. The van der Waals surface area contributed by atoms with Crippen LogP contribution in [0.1, 0.15) is 40.5 Å². The summed E-state index contributed by atoms with van der Waals surface area (Å²) in [5.74, 6) is -0.228. The summed E-state index contributed by atoms with van der Waals surface area (Å²) in [6, 6.07) is 6.74. The van der Waals surface area contributed by atoms with Gasteiger partial charge < -0.3 is 14.4 Å². The van der Waals surface area contributed by atoms with Crippen LogP contribution in [0.2, 0.25) is 0 Å². The molecular weight excluding hydrogens is 418 g/mol. The van der Waals surface area contributed by atoms with E-state index < -0.39 is 15.8 Å². The van der Waals surface area contributed by atoms with Crippen molar-refractivity contribution in [2.45, 2.75) is 64.9 Å². The average molecular weight is 454 g/mol. The Morgan fingerprint density at radius 2 is 1.84 bits per heavy atom. The molecule has 8 nitrogen and oxygen atoms in total. The van der Waals surface area contributed by atoms with Gasteiger partial charge >= 0.3 is 0 Å². The lowest BCUT2D eigenvalue weighted by Gasteiger charge is -2.38. The summed E-state index contributed by atoms with van der Waals surface area (Å²) < 4.78 is 39.0. The Bertz CT molecular complexity index is 833. The highest BCUT2D eigenvalue weighted by Gasteiger charge is 2.34. The first kappa shape index (κ1) is 23.8. The van der Waals surface area contributed by atoms with Gasteiger partial charge in [-0.25, -0.2) is 8.42 Å². The van der Waals surface area contributed by atoms with E-state index in [0.717, 1.165) is 32.5 Å². The molecule has 0 aliphatic carbocycles. The number of benzene rings is 1. The Kier molecular flexibility index (Phi) is 7.82. The third-order valence-electron chi connectivity index (χ3n) is 5.47. The third kappa shape index (κ3) is 7.08. The van der Waals surface area contributed by atoms with Crippen LogP contribution in [0, 0.1) is 0 Å². The SMILES string of the molecule is CC(C)Oc1ccc(NS(=O)(=O)CC(=O)N2CCCC2CN2CC(C)OC(C)C2)cc1. The van der Waals surface area contributed by atoms with E-state index in [9.17, 15) is 13.2 Å². The smallest absolute Gasteiger partial charge is 0.241 e. The number of nitrogens with zero attached hydrogens (tertiary/aromatic N) is 2. The number of sulfonamides is 1. The first-order chi connectivity index (χ1) is 14.6. The number of morpholine rings is 1. The molecule has 2 aliphatic rings. The van der Waals surface area contributed by atoms with Gasteiger partial charge in [-0.2, -0.15) is 0 Å². The summed E-state index contributed by atoms with van der Waals surface area (Å²) in [4.78, 5) is 16.9. The molecule has 1 N–H and O–H groups in total. The van der Waals surface area contributed by atoms with E-state index in [1.165, 1.54) is 0 Å². The molecule has 3 rings (SSSR count). The zero-order chi connectivity index (χ0) is 22.6. The van der Waals surface area contributed by atoms with Crippen molar-refractivity contribution in [1.82, 2.24) is 9.80 Å². The van der Waals surface area contributed by atoms with Crippen LogP contribution in [0.15, 0.2) is 24.3 Å². The van der Waals surface area contributed by atoms with Crippen molar-refractivity contribution in [2.75, 3.05) is 36.7 Å². The summed E-state index contributed by atoms with van der Waals surface area (Å²) in [7, 11) is -3.80. The second kappa shape index (κ2) is 10.2. The van der Waals surface area contributed by atoms with E-state index in [0.29, 0.717) is 18.0 Å². The molecule has 0 radical (unpaired) electrons. The van der Waals surface area contributed by atoms with Gasteiger partial charge in [-0.1, -0.05) is 0 Å². The van der Waals surface area contributed by atoms with Gasteiger partial charge in [0.2, 0.25) is 15.9 Å². The predicted octanol–water partition coefficient (Wildman–Crippen LogP) is 2.32. The highest BCUT2D eigenvalue weighted by molar-refractivity contribution is 7.93. The zero-order valence-corrected chi connectivity index (χ0v) is 19.7. The Morgan fingerprint density at radius 1 is 1.19 bits per heavy atom. The zero-order valence-electron chi connectivity index (χ0n) is 18.9. The van der Waals surface area contributed by atoms with Gasteiger partial charge in [-0.15, -0.1) is 0 Å². The fourth-order valence-corrected chi connectivity index (χ4v) is 5.48. The second-order valence-electron chi connectivity index (χ2n) is 8.91. The monoisotopic (exact) mass is 453 g/mol. The second-order valence-corrected chi connectivity index (χ2v) is 10.6. The molecule has 1 amide bonds. The standard InChI is InChI=1S/C22H35N3O5S/c1-16(2)29-21-9-7-19(8-10-21)23-31(27,28)15-22(26)25-11-5-6-20(25)14-24-12-17(3)30-18(4)13-24/h7-10,16-18,20,23H,5-6,11-15H2,1-4H3. The molecule has 0 spiro atoms. The first-order valence-electron chi connectivity index (χ1n) is 11.1. The Labute approximate surface area is 185 Å². The Morgan fingerprint density at radius 3 is 2.45 bits per heavy atom. The number of anilines is 1. The van der Waals surface area contributed by atoms with E-state index in [1.807, 2.05) is 13.8 Å². The number of hydrogen-bond donors (Lipinski definition) is 1. The largest absolute Gasteiger partial charge is 0.491 e. The van der Waals surface area contributed by atoms with Gasteiger partial charge in [0.15, 0.2) is 0 Å². The van der Waals surface area contributed by atoms with Crippen LogP contribution >= 0.6 is 0 Å². The summed E-state index contributed by atoms with van der Waals surface area (Å²) in [5, 5.41) is 0. The van der Waals surface area contributed by atoms with Crippen molar-refractivity contribution < 1.29 is 22.7 Å². The van der Waals surface area contributed by atoms with Crippen LogP contribution in [-0.4, -0.2) is 80.4 Å². The minimum absolute atomic E-state index is 0.0393. The fraction of sp³-hybridized carbons (Fsp3) is 0.682. The molecule has 1 aromatic carbocycles. The van der Waals surface area contributed by atoms with Crippen molar-refractivity contribution in [2.24, 2.45) is 0 Å². The molecule has 0 aromatic heterocycles. The van der Waals surface area contributed by atoms with Crippen molar-refractivity contribution in [3.8, 4) is 5.75 Å². The molecule has 2 fully saturated rings. The Hall–Kier alpha value is -1.84. The van der Waals surface area contributed by atoms with Gasteiger partial charge in [-0.05, 0) is 64.8 Å². The number of carbonyl (C=O) groups is 1. The minimum Gasteiger partial charge on any atom is -0.491 e. The first-order valence-corrected chi connectivity index (χ1v) is 12.7. The van der Waals surface area contributed by atoms with Gasteiger partial charge in [0, 0.05) is 37.9 Å². The maximum Gasteiger partial charge on any atom is 0.241 e. The van der Waals surface area contributed by atoms with Gasteiger partial charge in [0.1, 0.15) is 11.5 Å². The number of nitrogens with one attached hydrogen (secondary N) is 1. The van der Waals surface area contributed by atoms with Crippen LogP contribution in [0.3, 0.4) is 0 Å². The van der Waals surface area contributed by atoms with Crippen LogP contribution in [0.25, 0.3) is 0 Å². The predicted molar refractivity (Wildman–Crippen MR) is 121 cm³/mol. The molecule has 9 heteroatoms. The fourth-order valence-electron chi connectivity index (χ4n) is 4.42. The summed E-state index contributed by atoms with van der Waals surface area (Å²) in [5.41, 5.74) is 0.415. The number of rotatable bonds is 8. The van der Waals surface area contributed by atoms with E-state index >= 15 is 0 Å². The molecule has 174 valence electrons. The molecule has 31 heavy (non-hydrogen) atoms. The minimum atomic E-state index is -3.80. The summed E-state index contributed by atoms with van der Waals surface area (Å²) >= 11 is 0. The number of carbonyl (C=O) groups excluding carboxylic acids is 1. The lowest BCUT2D eigenvalue weighted by molar-refractivity contribution is -0.130. The van der Waals surface area contributed by atoms with Crippen molar-refractivity contribution >= 4 is 21.6 Å². The maximum atomic E-state index is 12.9. The number of hydrogen-bond acceptors (Lipinski definition) is 6. The summed E-state index contributed by atoms with van der Waals surface area (Å²) in [6.07, 6.45) is 2.16. The normalized spacial score (nSPS) is 25.1. The molecular formula is C22H35N3O5S. The van der Waals surface area contributed by atoms with Crippen molar-refractivity contribution in [1.29, 1.82) is 0 Å². The van der Waals surface area contributed by atoms with E-state index in [-0.39, 0.29) is 30.3 Å². The van der Waals surface area contributed by atoms with Crippen LogP contribution < -0.4 is 9.46 Å². The molecule has 0 saturated carbocycles. The molecule has 2 aliphatic heterocycles. The summed E-state index contributed by atoms with van der Waals surface area (Å²) in [6.45, 7) is 11.0. The van der Waals surface area contributed by atoms with Crippen LogP contribution in [0.4, 0.5) is 5.69 Å². The van der Waals surface area contributed by atoms with Gasteiger partial charge in [0.25, 0.3) is 0 Å². The highest BCUT2D eigenvalue weighted by atomic mass is 32.2. The number of likely N-dealkylation sites (tertiary alicyclic amines) is 1. The number of amides is 1. The lowest BCUT2D eigenvalue weighted by Crippen LogP contribution is -2.51. The molecule has 2 heterocycles. The van der Waals surface area contributed by atoms with Crippen LogP contribution in [-0.2, 0) is 19.6 Å². The van der Waals surface area contributed by atoms with Crippen LogP contribution in [0.5, 0.6) is 5.75 Å². The van der Waals surface area contributed by atoms with Gasteiger partial charge in [0.05, 0.1) is 18.3 Å². The van der Waals surface area contributed by atoms with E-state index in [2.05, 4.69) is 23.5 Å². The Balaban J connectivity index is 1.56. The number of ether oxygens (including phenoxy) is 2. The third-order valence-corrected chi connectivity index (χ3v) is 6.65. The molecule has 0 bridgehead atoms. The van der Waals surface area contributed by atoms with E-state index in [1.54, 1.807) is 29.2 Å².